The highest BCUT2D eigenvalue weighted by Gasteiger charge is 2.07. The fourth-order valence-corrected chi connectivity index (χ4v) is 2.67. The van der Waals surface area contributed by atoms with Gasteiger partial charge in [0.15, 0.2) is 5.82 Å². The van der Waals surface area contributed by atoms with E-state index in [-0.39, 0.29) is 0 Å². The third-order valence-corrected chi connectivity index (χ3v) is 3.99. The van der Waals surface area contributed by atoms with Gasteiger partial charge >= 0.3 is 0 Å². The van der Waals surface area contributed by atoms with E-state index in [1.54, 1.807) is 23.3 Å². The van der Waals surface area contributed by atoms with Gasteiger partial charge in [0, 0.05) is 18.0 Å². The fourth-order valence-electron chi connectivity index (χ4n) is 2.49. The number of hydrogen-bond acceptors (Lipinski definition) is 5. The van der Waals surface area contributed by atoms with Crippen molar-refractivity contribution in [2.45, 2.75) is 0 Å². The van der Waals surface area contributed by atoms with Crippen LogP contribution in [0.15, 0.2) is 84.2 Å². The van der Waals surface area contributed by atoms with Gasteiger partial charge in [0.25, 0.3) is 0 Å². The number of nitrogens with one attached hydrogen (secondary N) is 1. The normalized spacial score (nSPS) is 11.0. The van der Waals surface area contributed by atoms with Crippen LogP contribution in [0.2, 0.25) is 0 Å². The molecule has 132 valence electrons. The molecule has 0 aliphatic carbocycles. The maximum absolute atomic E-state index is 5.86. The molecule has 0 spiro atoms. The molecular formula is C20H15N5OS. The van der Waals surface area contributed by atoms with E-state index < -0.39 is 0 Å². The zero-order valence-electron chi connectivity index (χ0n) is 14.2. The molecule has 0 aliphatic heterocycles. The number of aromatic nitrogens is 4. The second-order valence-corrected chi connectivity index (χ2v) is 6.02. The predicted molar refractivity (Wildman–Crippen MR) is 107 cm³/mol. The number of hydrogen-bond donors (Lipinski definition) is 1. The highest BCUT2D eigenvalue weighted by atomic mass is 32.1. The van der Waals surface area contributed by atoms with E-state index in [0.717, 1.165) is 22.6 Å². The maximum atomic E-state index is 5.86. The Morgan fingerprint density at radius 2 is 1.85 bits per heavy atom. The minimum Gasteiger partial charge on any atom is -0.457 e. The zero-order valence-corrected chi connectivity index (χ0v) is 15.0. The summed E-state index contributed by atoms with van der Waals surface area (Å²) >= 11 is 5.29. The first kappa shape index (κ1) is 16.9. The van der Waals surface area contributed by atoms with Gasteiger partial charge < -0.3 is 4.74 Å². The van der Waals surface area contributed by atoms with E-state index >= 15 is 0 Å². The quantitative estimate of drug-likeness (QED) is 0.407. The zero-order chi connectivity index (χ0) is 18.5. The van der Waals surface area contributed by atoms with Crippen molar-refractivity contribution in [3.63, 3.8) is 0 Å². The Balaban J connectivity index is 1.60. The molecule has 0 saturated carbocycles. The van der Waals surface area contributed by atoms with Crippen molar-refractivity contribution in [2.75, 3.05) is 0 Å². The number of para-hydroxylation sites is 1. The summed E-state index contributed by atoms with van der Waals surface area (Å²) in [6, 6.07) is 21.0. The Morgan fingerprint density at radius 1 is 1.00 bits per heavy atom. The fraction of sp³-hybridized carbons (Fsp3) is 0. The lowest BCUT2D eigenvalue weighted by molar-refractivity contribution is 0.482. The van der Waals surface area contributed by atoms with Crippen molar-refractivity contribution in [2.24, 2.45) is 5.10 Å². The minimum atomic E-state index is 0.404. The van der Waals surface area contributed by atoms with E-state index in [0.29, 0.717) is 10.6 Å². The van der Waals surface area contributed by atoms with Crippen molar-refractivity contribution >= 4 is 18.4 Å². The highest BCUT2D eigenvalue weighted by Crippen LogP contribution is 2.21. The molecule has 0 bridgehead atoms. The molecule has 0 radical (unpaired) electrons. The molecule has 2 aromatic carbocycles. The second kappa shape index (κ2) is 7.76. The molecule has 0 saturated heterocycles. The van der Waals surface area contributed by atoms with Crippen LogP contribution >= 0.6 is 12.2 Å². The smallest absolute Gasteiger partial charge is 0.216 e. The van der Waals surface area contributed by atoms with Crippen LogP contribution in [0.4, 0.5) is 0 Å². The number of aromatic amines is 1. The number of ether oxygens (including phenoxy) is 1. The summed E-state index contributed by atoms with van der Waals surface area (Å²) in [7, 11) is 0. The molecule has 2 heterocycles. The average molecular weight is 373 g/mol. The number of rotatable bonds is 5. The standard InChI is InChI=1S/C20H15N5OS/c27-20-24-23-19(16-7-5-11-21-14-16)25(20)22-13-15-6-4-10-18(12-15)26-17-8-2-1-3-9-17/h1-14H,(H,24,27)/b22-13-. The molecule has 6 nitrogen and oxygen atoms in total. The summed E-state index contributed by atoms with van der Waals surface area (Å²) < 4.78 is 7.83. The largest absolute Gasteiger partial charge is 0.457 e. The van der Waals surface area contributed by atoms with Gasteiger partial charge in [0.05, 0.1) is 6.21 Å². The molecule has 0 atom stereocenters. The van der Waals surface area contributed by atoms with E-state index in [4.69, 9.17) is 17.0 Å². The average Bonchev–Trinajstić information content (AvgIpc) is 3.09. The molecule has 0 fully saturated rings. The van der Waals surface area contributed by atoms with Crippen molar-refractivity contribution in [1.29, 1.82) is 0 Å². The second-order valence-electron chi connectivity index (χ2n) is 5.64. The first-order valence-corrected chi connectivity index (χ1v) is 8.65. The Labute approximate surface area is 160 Å². The van der Waals surface area contributed by atoms with Gasteiger partial charge in [-0.2, -0.15) is 14.9 Å². The Kier molecular flexibility index (Phi) is 4.84. The van der Waals surface area contributed by atoms with Gasteiger partial charge in [0.1, 0.15) is 11.5 Å². The lowest BCUT2D eigenvalue weighted by atomic mass is 10.2. The predicted octanol–water partition coefficient (Wildman–Crippen LogP) is 4.68. The first-order valence-electron chi connectivity index (χ1n) is 8.25. The third-order valence-electron chi connectivity index (χ3n) is 3.73. The van der Waals surface area contributed by atoms with E-state index in [2.05, 4.69) is 20.3 Å². The lowest BCUT2D eigenvalue weighted by Crippen LogP contribution is -1.95. The number of pyridine rings is 1. The summed E-state index contributed by atoms with van der Waals surface area (Å²) in [5.41, 5.74) is 1.70. The molecule has 4 aromatic rings. The van der Waals surface area contributed by atoms with Crippen molar-refractivity contribution < 1.29 is 4.74 Å². The molecule has 0 aliphatic rings. The molecule has 7 heteroatoms. The summed E-state index contributed by atoms with van der Waals surface area (Å²) in [5.74, 6) is 2.11. The van der Waals surface area contributed by atoms with E-state index in [1.807, 2.05) is 66.7 Å². The Bertz CT molecular complexity index is 1120. The number of H-pyrrole nitrogens is 1. The maximum Gasteiger partial charge on any atom is 0.216 e. The number of benzene rings is 2. The molecule has 1 N–H and O–H groups in total. The lowest BCUT2D eigenvalue weighted by Gasteiger charge is -2.06. The van der Waals surface area contributed by atoms with Crippen LogP contribution in [0, 0.1) is 4.77 Å². The highest BCUT2D eigenvalue weighted by molar-refractivity contribution is 7.71. The first-order chi connectivity index (χ1) is 13.3. The topological polar surface area (TPSA) is 68.1 Å². The van der Waals surface area contributed by atoms with Crippen LogP contribution in [0.25, 0.3) is 11.4 Å². The summed E-state index contributed by atoms with van der Waals surface area (Å²) in [6.07, 6.45) is 5.13. The minimum absolute atomic E-state index is 0.404. The van der Waals surface area contributed by atoms with Crippen molar-refractivity contribution in [1.82, 2.24) is 19.9 Å². The summed E-state index contributed by atoms with van der Waals surface area (Å²) in [4.78, 5) is 4.11. The van der Waals surface area contributed by atoms with Crippen LogP contribution in [0.5, 0.6) is 11.5 Å². The van der Waals surface area contributed by atoms with Gasteiger partial charge in [-0.1, -0.05) is 30.3 Å². The van der Waals surface area contributed by atoms with Gasteiger partial charge in [0.2, 0.25) is 4.77 Å². The van der Waals surface area contributed by atoms with Gasteiger partial charge in [-0.15, -0.1) is 0 Å². The van der Waals surface area contributed by atoms with Crippen LogP contribution in [-0.2, 0) is 0 Å². The van der Waals surface area contributed by atoms with Crippen LogP contribution in [0.1, 0.15) is 5.56 Å². The summed E-state index contributed by atoms with van der Waals surface area (Å²) in [5, 5.41) is 11.5. The molecule has 0 amide bonds. The van der Waals surface area contributed by atoms with E-state index in [1.165, 1.54) is 0 Å². The molecular weight excluding hydrogens is 358 g/mol. The molecule has 4 rings (SSSR count). The van der Waals surface area contributed by atoms with Gasteiger partial charge in [-0.25, -0.2) is 5.10 Å². The van der Waals surface area contributed by atoms with Crippen LogP contribution < -0.4 is 4.74 Å². The monoisotopic (exact) mass is 373 g/mol. The Hall–Kier alpha value is -3.58. The van der Waals surface area contributed by atoms with Crippen molar-refractivity contribution in [3.8, 4) is 22.9 Å². The number of nitrogens with zero attached hydrogens (tertiary/aromatic N) is 4. The Morgan fingerprint density at radius 3 is 2.67 bits per heavy atom. The van der Waals surface area contributed by atoms with Gasteiger partial charge in [-0.3, -0.25) is 4.98 Å². The van der Waals surface area contributed by atoms with Crippen LogP contribution in [0.3, 0.4) is 0 Å². The SMILES string of the molecule is S=c1[nH]nc(-c2cccnc2)n1/N=C\c1cccc(Oc2ccccc2)c1. The van der Waals surface area contributed by atoms with Crippen LogP contribution in [-0.4, -0.2) is 26.1 Å². The summed E-state index contributed by atoms with van der Waals surface area (Å²) in [6.45, 7) is 0. The molecule has 2 aromatic heterocycles. The van der Waals surface area contributed by atoms with E-state index in [9.17, 15) is 0 Å². The molecule has 27 heavy (non-hydrogen) atoms. The van der Waals surface area contributed by atoms with Crippen molar-refractivity contribution in [3.05, 3.63) is 89.5 Å². The van der Waals surface area contributed by atoms with Gasteiger partial charge in [-0.05, 0) is 54.2 Å². The third kappa shape index (κ3) is 3.99. The molecule has 0 unspecified atom stereocenters.